The monoisotopic (exact) mass is 414 g/mol. The Morgan fingerprint density at radius 2 is 1.77 bits per heavy atom. The molecule has 2 N–H and O–H groups in total. The first kappa shape index (κ1) is 19.7. The van der Waals surface area contributed by atoms with Gasteiger partial charge in [-0.2, -0.15) is 0 Å². The molecule has 2 heterocycles. The van der Waals surface area contributed by atoms with Gasteiger partial charge in [0.2, 0.25) is 0 Å². The van der Waals surface area contributed by atoms with Crippen LogP contribution in [0.15, 0.2) is 66.9 Å². The SMILES string of the molecule is OCc1ccc(CNc2ccc3ncc(-c4cccc(OC(F)(F)F)c4)n3n2)cc1. The lowest BCUT2D eigenvalue weighted by molar-refractivity contribution is -0.274. The number of aliphatic hydroxyl groups excluding tert-OH is 1. The van der Waals surface area contributed by atoms with Crippen LogP contribution < -0.4 is 10.1 Å². The molecule has 4 rings (SSSR count). The highest BCUT2D eigenvalue weighted by Gasteiger charge is 2.31. The molecule has 0 aliphatic heterocycles. The van der Waals surface area contributed by atoms with Crippen molar-refractivity contribution in [3.63, 3.8) is 0 Å². The minimum absolute atomic E-state index is 0.00938. The summed E-state index contributed by atoms with van der Waals surface area (Å²) in [6.45, 7) is 0.508. The number of nitrogens with one attached hydrogen (secondary N) is 1. The molecule has 6 nitrogen and oxygen atoms in total. The average molecular weight is 414 g/mol. The lowest BCUT2D eigenvalue weighted by Gasteiger charge is -2.10. The highest BCUT2D eigenvalue weighted by Crippen LogP contribution is 2.28. The third-order valence-electron chi connectivity index (χ3n) is 4.40. The van der Waals surface area contributed by atoms with Crippen LogP contribution in [0.1, 0.15) is 11.1 Å². The van der Waals surface area contributed by atoms with Gasteiger partial charge >= 0.3 is 6.36 Å². The summed E-state index contributed by atoms with van der Waals surface area (Å²) in [5.41, 5.74) is 3.43. The summed E-state index contributed by atoms with van der Waals surface area (Å²) >= 11 is 0. The van der Waals surface area contributed by atoms with Crippen molar-refractivity contribution in [3.05, 3.63) is 78.0 Å². The Morgan fingerprint density at radius 3 is 2.50 bits per heavy atom. The Kier molecular flexibility index (Phi) is 5.28. The zero-order valence-corrected chi connectivity index (χ0v) is 15.6. The van der Waals surface area contributed by atoms with Crippen molar-refractivity contribution in [1.29, 1.82) is 0 Å². The molecule has 0 spiro atoms. The van der Waals surface area contributed by atoms with E-state index in [1.807, 2.05) is 24.3 Å². The molecule has 0 saturated heterocycles. The topological polar surface area (TPSA) is 71.7 Å². The first-order valence-electron chi connectivity index (χ1n) is 9.05. The largest absolute Gasteiger partial charge is 0.573 e. The van der Waals surface area contributed by atoms with Gasteiger partial charge in [0.25, 0.3) is 0 Å². The normalized spacial score (nSPS) is 11.6. The van der Waals surface area contributed by atoms with Crippen LogP contribution in [0.4, 0.5) is 19.0 Å². The van der Waals surface area contributed by atoms with Crippen LogP contribution in [0.3, 0.4) is 0 Å². The highest BCUT2D eigenvalue weighted by atomic mass is 19.4. The molecule has 2 aromatic carbocycles. The Hall–Kier alpha value is -3.59. The fourth-order valence-corrected chi connectivity index (χ4v) is 2.97. The van der Waals surface area contributed by atoms with Gasteiger partial charge in [-0.25, -0.2) is 9.50 Å². The first-order chi connectivity index (χ1) is 14.4. The number of hydrogen-bond donors (Lipinski definition) is 2. The predicted octanol–water partition coefficient (Wildman–Crippen LogP) is 4.40. The Bertz CT molecular complexity index is 1160. The number of anilines is 1. The second kappa shape index (κ2) is 8.03. The number of aromatic nitrogens is 3. The maximum Gasteiger partial charge on any atom is 0.573 e. The number of halogens is 3. The molecule has 0 aliphatic carbocycles. The number of rotatable bonds is 6. The minimum Gasteiger partial charge on any atom is -0.406 e. The number of alkyl halides is 3. The molecular formula is C21H17F3N4O2. The van der Waals surface area contributed by atoms with E-state index in [9.17, 15) is 13.2 Å². The standard InChI is InChI=1S/C21H17F3N4O2/c22-21(23,24)30-17-3-1-2-16(10-17)18-12-26-20-9-8-19(27-28(18)20)25-11-14-4-6-15(13-29)7-5-14/h1-10,12,29H,11,13H2,(H,25,27). The smallest absolute Gasteiger partial charge is 0.406 e. The molecule has 154 valence electrons. The van der Waals surface area contributed by atoms with Gasteiger partial charge in [-0.1, -0.05) is 36.4 Å². The summed E-state index contributed by atoms with van der Waals surface area (Å²) in [6, 6.07) is 16.7. The molecule has 0 radical (unpaired) electrons. The predicted molar refractivity (Wildman–Crippen MR) is 105 cm³/mol. The lowest BCUT2D eigenvalue weighted by atomic mass is 10.1. The highest BCUT2D eigenvalue weighted by molar-refractivity contribution is 5.65. The number of ether oxygens (including phenoxy) is 1. The van der Waals surface area contributed by atoms with Gasteiger partial charge in [-0.3, -0.25) is 0 Å². The summed E-state index contributed by atoms with van der Waals surface area (Å²) in [6.07, 6.45) is -3.21. The van der Waals surface area contributed by atoms with E-state index in [0.29, 0.717) is 29.3 Å². The van der Waals surface area contributed by atoms with E-state index in [1.54, 1.807) is 28.9 Å². The van der Waals surface area contributed by atoms with E-state index < -0.39 is 6.36 Å². The van der Waals surface area contributed by atoms with E-state index in [2.05, 4.69) is 20.1 Å². The zero-order valence-electron chi connectivity index (χ0n) is 15.6. The lowest BCUT2D eigenvalue weighted by Crippen LogP contribution is -2.17. The van der Waals surface area contributed by atoms with Crippen LogP contribution in [0.2, 0.25) is 0 Å². The van der Waals surface area contributed by atoms with Crippen LogP contribution in [-0.4, -0.2) is 26.1 Å². The van der Waals surface area contributed by atoms with Gasteiger partial charge in [0.1, 0.15) is 11.6 Å². The van der Waals surface area contributed by atoms with Crippen LogP contribution in [0, 0.1) is 0 Å². The van der Waals surface area contributed by atoms with Crippen molar-refractivity contribution in [2.24, 2.45) is 0 Å². The third-order valence-corrected chi connectivity index (χ3v) is 4.40. The van der Waals surface area contributed by atoms with Gasteiger partial charge in [0.05, 0.1) is 18.5 Å². The van der Waals surface area contributed by atoms with Crippen LogP contribution >= 0.6 is 0 Å². The van der Waals surface area contributed by atoms with Gasteiger partial charge in [-0.05, 0) is 35.4 Å². The quantitative estimate of drug-likeness (QED) is 0.489. The zero-order chi connectivity index (χ0) is 21.1. The van der Waals surface area contributed by atoms with E-state index in [4.69, 9.17) is 5.11 Å². The Morgan fingerprint density at radius 1 is 1.00 bits per heavy atom. The van der Waals surface area contributed by atoms with Crippen molar-refractivity contribution in [3.8, 4) is 17.0 Å². The molecule has 0 bridgehead atoms. The molecule has 0 atom stereocenters. The van der Waals surface area contributed by atoms with E-state index in [0.717, 1.165) is 11.1 Å². The molecule has 0 fully saturated rings. The summed E-state index contributed by atoms with van der Waals surface area (Å²) in [7, 11) is 0. The molecule has 0 amide bonds. The number of hydrogen-bond acceptors (Lipinski definition) is 5. The summed E-state index contributed by atoms with van der Waals surface area (Å²) in [5.74, 6) is 0.270. The minimum atomic E-state index is -4.76. The van der Waals surface area contributed by atoms with Crippen molar-refractivity contribution < 1.29 is 23.0 Å². The molecule has 9 heteroatoms. The van der Waals surface area contributed by atoms with Crippen molar-refractivity contribution in [2.75, 3.05) is 5.32 Å². The maximum absolute atomic E-state index is 12.5. The molecule has 2 aromatic heterocycles. The van der Waals surface area contributed by atoms with Gasteiger partial charge in [0, 0.05) is 12.1 Å². The molecule has 0 saturated carbocycles. The molecular weight excluding hydrogens is 397 g/mol. The molecule has 4 aromatic rings. The fourth-order valence-electron chi connectivity index (χ4n) is 2.97. The number of imidazole rings is 1. The van der Waals surface area contributed by atoms with E-state index in [1.165, 1.54) is 18.2 Å². The third kappa shape index (κ3) is 4.52. The average Bonchev–Trinajstić information content (AvgIpc) is 3.15. The van der Waals surface area contributed by atoms with Crippen LogP contribution in [0.25, 0.3) is 16.9 Å². The van der Waals surface area contributed by atoms with Gasteiger partial charge < -0.3 is 15.2 Å². The second-order valence-electron chi connectivity index (χ2n) is 6.54. The van der Waals surface area contributed by atoms with Gasteiger partial charge in [-0.15, -0.1) is 18.3 Å². The first-order valence-corrected chi connectivity index (χ1v) is 9.05. The van der Waals surface area contributed by atoms with Gasteiger partial charge in [0.15, 0.2) is 5.65 Å². The van der Waals surface area contributed by atoms with E-state index >= 15 is 0 Å². The number of nitrogens with zero attached hydrogens (tertiary/aromatic N) is 3. The summed E-state index contributed by atoms with van der Waals surface area (Å²) in [5, 5.41) is 16.8. The number of aliphatic hydroxyl groups is 1. The molecule has 30 heavy (non-hydrogen) atoms. The van der Waals surface area contributed by atoms with Crippen LogP contribution in [-0.2, 0) is 13.2 Å². The van der Waals surface area contributed by atoms with Crippen molar-refractivity contribution >= 4 is 11.5 Å². The summed E-state index contributed by atoms with van der Waals surface area (Å²) < 4.78 is 43.1. The molecule has 0 unspecified atom stereocenters. The van der Waals surface area contributed by atoms with Crippen LogP contribution in [0.5, 0.6) is 5.75 Å². The number of benzene rings is 2. The number of fused-ring (bicyclic) bond motifs is 1. The van der Waals surface area contributed by atoms with E-state index in [-0.39, 0.29) is 12.4 Å². The fraction of sp³-hybridized carbons (Fsp3) is 0.143. The second-order valence-corrected chi connectivity index (χ2v) is 6.54. The Balaban J connectivity index is 1.57. The van der Waals surface area contributed by atoms with Crippen molar-refractivity contribution in [2.45, 2.75) is 19.5 Å². The molecule has 0 aliphatic rings. The summed E-state index contributed by atoms with van der Waals surface area (Å²) in [4.78, 5) is 4.26. The maximum atomic E-state index is 12.5. The van der Waals surface area contributed by atoms with Crippen molar-refractivity contribution in [1.82, 2.24) is 14.6 Å². The Labute approximate surface area is 169 Å².